The zero-order chi connectivity index (χ0) is 17.2. The number of alkyl halides is 3. The third-order valence-corrected chi connectivity index (χ3v) is 3.13. The molecule has 0 atom stereocenters. The molecule has 5 nitrogen and oxygen atoms in total. The number of nitrogens with one attached hydrogen (secondary N) is 1. The van der Waals surface area contributed by atoms with Crippen LogP contribution in [0.15, 0.2) is 40.2 Å². The van der Waals surface area contributed by atoms with Gasteiger partial charge < -0.3 is 15.5 Å². The topological polar surface area (TPSA) is 80.5 Å². The Kier molecular flexibility index (Phi) is 4.44. The number of aromatic nitrogens is 1. The molecule has 0 aliphatic heterocycles. The Labute approximate surface area is 129 Å². The lowest BCUT2D eigenvalue weighted by molar-refractivity contribution is -0.137. The van der Waals surface area contributed by atoms with Gasteiger partial charge in [0.15, 0.2) is 0 Å². The number of hydrogen-bond acceptors (Lipinski definition) is 3. The van der Waals surface area contributed by atoms with Crippen molar-refractivity contribution in [1.82, 2.24) is 4.98 Å². The molecular formula is C15H14F3N3O2. The molecule has 122 valence electrons. The van der Waals surface area contributed by atoms with Gasteiger partial charge in [0, 0.05) is 12.3 Å². The lowest BCUT2D eigenvalue weighted by atomic mass is 10.1. The molecule has 2 rings (SSSR count). The fraction of sp³-hybridized carbons (Fsp3) is 0.200. The van der Waals surface area contributed by atoms with E-state index in [2.05, 4.69) is 9.98 Å². The summed E-state index contributed by atoms with van der Waals surface area (Å²) in [5.41, 5.74) is 5.03. The fourth-order valence-corrected chi connectivity index (χ4v) is 2.02. The van der Waals surface area contributed by atoms with Gasteiger partial charge in [0.1, 0.15) is 11.6 Å². The summed E-state index contributed by atoms with van der Waals surface area (Å²) >= 11 is 0. The second-order valence-electron chi connectivity index (χ2n) is 4.78. The first-order valence-corrected chi connectivity index (χ1v) is 6.51. The molecule has 8 heteroatoms. The van der Waals surface area contributed by atoms with E-state index in [4.69, 9.17) is 10.5 Å². The molecule has 0 aliphatic carbocycles. The Morgan fingerprint density at radius 2 is 2.00 bits per heavy atom. The average molecular weight is 325 g/mol. The molecule has 1 aromatic carbocycles. The van der Waals surface area contributed by atoms with Crippen LogP contribution in [0.25, 0.3) is 0 Å². The minimum atomic E-state index is -4.55. The number of methoxy groups -OCH3 is 1. The molecule has 0 saturated heterocycles. The van der Waals surface area contributed by atoms with Crippen molar-refractivity contribution in [1.29, 1.82) is 0 Å². The highest BCUT2D eigenvalue weighted by molar-refractivity contribution is 5.99. The number of nitrogens with two attached hydrogens (primary N) is 1. The number of aromatic amines is 1. The fourth-order valence-electron chi connectivity index (χ4n) is 2.02. The van der Waals surface area contributed by atoms with Gasteiger partial charge in [0.25, 0.3) is 5.56 Å². The zero-order valence-corrected chi connectivity index (χ0v) is 12.4. The van der Waals surface area contributed by atoms with E-state index in [0.29, 0.717) is 5.56 Å². The van der Waals surface area contributed by atoms with Crippen LogP contribution in [-0.4, -0.2) is 17.9 Å². The third kappa shape index (κ3) is 3.71. The van der Waals surface area contributed by atoms with Crippen molar-refractivity contribution in [2.45, 2.75) is 13.1 Å². The van der Waals surface area contributed by atoms with E-state index in [1.165, 1.54) is 19.4 Å². The number of benzene rings is 1. The number of aryl methyl sites for hydroxylation is 1. The molecule has 1 heterocycles. The number of hydrogen-bond donors (Lipinski definition) is 2. The smallest absolute Gasteiger partial charge is 0.416 e. The van der Waals surface area contributed by atoms with Crippen molar-refractivity contribution >= 4 is 11.5 Å². The Hall–Kier alpha value is -2.77. The lowest BCUT2D eigenvalue weighted by Gasteiger charge is -2.10. The van der Waals surface area contributed by atoms with E-state index in [1.807, 2.05) is 0 Å². The third-order valence-electron chi connectivity index (χ3n) is 3.13. The van der Waals surface area contributed by atoms with Gasteiger partial charge >= 0.3 is 6.18 Å². The van der Waals surface area contributed by atoms with Crippen LogP contribution < -0.4 is 16.0 Å². The highest BCUT2D eigenvalue weighted by atomic mass is 19.4. The average Bonchev–Trinajstić information content (AvgIpc) is 2.45. The number of nitrogens with zero attached hydrogens (tertiary/aromatic N) is 1. The Morgan fingerprint density at radius 3 is 2.57 bits per heavy atom. The molecular weight excluding hydrogens is 311 g/mol. The Bertz CT molecular complexity index is 810. The molecule has 0 bridgehead atoms. The maximum Gasteiger partial charge on any atom is 0.416 e. The van der Waals surface area contributed by atoms with E-state index in [-0.39, 0.29) is 22.8 Å². The monoisotopic (exact) mass is 325 g/mol. The van der Waals surface area contributed by atoms with Gasteiger partial charge in [-0.15, -0.1) is 0 Å². The van der Waals surface area contributed by atoms with Crippen molar-refractivity contribution in [3.05, 3.63) is 57.5 Å². The SMILES string of the molecule is COc1cc(N=C(N)c2c(C)cc[nH]c2=O)cc(C(F)(F)F)c1. The van der Waals surface area contributed by atoms with Crippen LogP contribution in [0.2, 0.25) is 0 Å². The molecule has 0 unspecified atom stereocenters. The maximum atomic E-state index is 12.9. The first-order chi connectivity index (χ1) is 10.7. The molecule has 0 fully saturated rings. The van der Waals surface area contributed by atoms with E-state index in [9.17, 15) is 18.0 Å². The molecule has 0 saturated carbocycles. The van der Waals surface area contributed by atoms with E-state index >= 15 is 0 Å². The second-order valence-corrected chi connectivity index (χ2v) is 4.78. The zero-order valence-electron chi connectivity index (χ0n) is 12.4. The summed E-state index contributed by atoms with van der Waals surface area (Å²) in [5.74, 6) is -0.184. The van der Waals surface area contributed by atoms with Crippen LogP contribution in [0, 0.1) is 6.92 Å². The van der Waals surface area contributed by atoms with Crippen LogP contribution in [0.1, 0.15) is 16.7 Å². The molecule has 1 aromatic heterocycles. The molecule has 0 aliphatic rings. The number of rotatable bonds is 3. The molecule has 0 amide bonds. The first kappa shape index (κ1) is 16.6. The molecule has 2 aromatic rings. The van der Waals surface area contributed by atoms with Crippen molar-refractivity contribution < 1.29 is 17.9 Å². The second kappa shape index (κ2) is 6.15. The van der Waals surface area contributed by atoms with E-state index < -0.39 is 17.3 Å². The van der Waals surface area contributed by atoms with Crippen LogP contribution in [0.3, 0.4) is 0 Å². The van der Waals surface area contributed by atoms with E-state index in [1.54, 1.807) is 13.0 Å². The van der Waals surface area contributed by atoms with Gasteiger partial charge in [-0.2, -0.15) is 13.2 Å². The largest absolute Gasteiger partial charge is 0.497 e. The molecule has 23 heavy (non-hydrogen) atoms. The van der Waals surface area contributed by atoms with Crippen molar-refractivity contribution in [3.8, 4) is 5.75 Å². The highest BCUT2D eigenvalue weighted by Crippen LogP contribution is 2.35. The van der Waals surface area contributed by atoms with Crippen LogP contribution in [0.4, 0.5) is 18.9 Å². The number of amidine groups is 1. The quantitative estimate of drug-likeness (QED) is 0.672. The highest BCUT2D eigenvalue weighted by Gasteiger charge is 2.31. The summed E-state index contributed by atoms with van der Waals surface area (Å²) in [4.78, 5) is 18.2. The minimum Gasteiger partial charge on any atom is -0.497 e. The normalized spacial score (nSPS) is 12.3. The summed E-state index contributed by atoms with van der Waals surface area (Å²) in [6.07, 6.45) is -3.10. The molecule has 3 N–H and O–H groups in total. The molecule has 0 spiro atoms. The number of halogens is 3. The van der Waals surface area contributed by atoms with Crippen molar-refractivity contribution in [3.63, 3.8) is 0 Å². The van der Waals surface area contributed by atoms with Crippen molar-refractivity contribution in [2.75, 3.05) is 7.11 Å². The van der Waals surface area contributed by atoms with Crippen molar-refractivity contribution in [2.24, 2.45) is 10.7 Å². The van der Waals surface area contributed by atoms with Crippen LogP contribution in [-0.2, 0) is 6.18 Å². The van der Waals surface area contributed by atoms with Gasteiger partial charge in [-0.25, -0.2) is 4.99 Å². The Morgan fingerprint density at radius 1 is 1.30 bits per heavy atom. The summed E-state index contributed by atoms with van der Waals surface area (Å²) in [6, 6.07) is 4.61. The lowest BCUT2D eigenvalue weighted by Crippen LogP contribution is -2.25. The predicted molar refractivity (Wildman–Crippen MR) is 80.2 cm³/mol. The van der Waals surface area contributed by atoms with Gasteiger partial charge in [-0.3, -0.25) is 4.79 Å². The van der Waals surface area contributed by atoms with Gasteiger partial charge in [0.05, 0.1) is 23.9 Å². The molecule has 0 radical (unpaired) electrons. The summed E-state index contributed by atoms with van der Waals surface area (Å²) in [5, 5.41) is 0. The van der Waals surface area contributed by atoms with Gasteiger partial charge in [-0.05, 0) is 30.7 Å². The summed E-state index contributed by atoms with van der Waals surface area (Å²) in [7, 11) is 1.25. The first-order valence-electron chi connectivity index (χ1n) is 6.51. The number of pyridine rings is 1. The summed E-state index contributed by atoms with van der Waals surface area (Å²) in [6.45, 7) is 1.65. The predicted octanol–water partition coefficient (Wildman–Crippen LogP) is 2.75. The number of H-pyrrole nitrogens is 1. The van der Waals surface area contributed by atoms with Crippen LogP contribution in [0.5, 0.6) is 5.75 Å². The van der Waals surface area contributed by atoms with Gasteiger partial charge in [-0.1, -0.05) is 0 Å². The van der Waals surface area contributed by atoms with E-state index in [0.717, 1.165) is 12.1 Å². The number of ether oxygens (including phenoxy) is 1. The number of aliphatic imine (C=N–C) groups is 1. The van der Waals surface area contributed by atoms with Gasteiger partial charge in [0.2, 0.25) is 0 Å². The Balaban J connectivity index is 2.56. The minimum absolute atomic E-state index is 0.00920. The summed E-state index contributed by atoms with van der Waals surface area (Å²) < 4.78 is 43.5. The standard InChI is InChI=1S/C15H14F3N3O2/c1-8-3-4-20-14(22)12(8)13(19)21-10-5-9(15(16,17)18)6-11(7-10)23-2/h3-7H,1-2H3,(H2,19,21)(H,20,22). The maximum absolute atomic E-state index is 12.9. The van der Waals surface area contributed by atoms with Crippen LogP contribution >= 0.6 is 0 Å².